The van der Waals surface area contributed by atoms with Crippen molar-refractivity contribution in [2.24, 2.45) is 12.5 Å². The molecule has 2 N–H and O–H groups in total. The first kappa shape index (κ1) is 22.6. The molecule has 0 aliphatic carbocycles. The van der Waals surface area contributed by atoms with Crippen molar-refractivity contribution in [1.29, 1.82) is 0 Å². The predicted octanol–water partition coefficient (Wildman–Crippen LogP) is 3.67. The Hall–Kier alpha value is -2.70. The summed E-state index contributed by atoms with van der Waals surface area (Å²) in [5.74, 6) is -1.18. The Morgan fingerprint density at radius 3 is 2.21 bits per heavy atom. The molecule has 0 radical (unpaired) electrons. The van der Waals surface area contributed by atoms with Crippen LogP contribution in [0, 0.1) is 18.2 Å². The summed E-state index contributed by atoms with van der Waals surface area (Å²) in [6, 6.07) is 6.25. The molecule has 2 amide bonds. The van der Waals surface area contributed by atoms with Crippen molar-refractivity contribution in [3.8, 4) is 0 Å². The molecule has 1 aromatic heterocycles. The SMILES string of the molecule is Cc1cc(C(=O)NC(C(=O)NC(C)(C)CC(C)(C)C)c2ccc(F)cc2)n(C)n1. The van der Waals surface area contributed by atoms with E-state index in [1.807, 2.05) is 13.8 Å². The lowest BCUT2D eigenvalue weighted by Crippen LogP contribution is -2.50. The zero-order valence-corrected chi connectivity index (χ0v) is 18.3. The van der Waals surface area contributed by atoms with Gasteiger partial charge in [0, 0.05) is 12.6 Å². The number of carbonyl (C=O) groups excluding carboxylic acids is 2. The average Bonchev–Trinajstić information content (AvgIpc) is 2.89. The van der Waals surface area contributed by atoms with Gasteiger partial charge in [-0.15, -0.1) is 0 Å². The Bertz CT molecular complexity index is 879. The highest BCUT2D eigenvalue weighted by Crippen LogP contribution is 2.27. The van der Waals surface area contributed by atoms with Gasteiger partial charge in [-0.05, 0) is 56.4 Å². The van der Waals surface area contributed by atoms with Crippen LogP contribution < -0.4 is 10.6 Å². The lowest BCUT2D eigenvalue weighted by molar-refractivity contribution is -0.125. The summed E-state index contributed by atoms with van der Waals surface area (Å²) in [6.07, 6.45) is 0.747. The zero-order chi connectivity index (χ0) is 22.0. The summed E-state index contributed by atoms with van der Waals surface area (Å²) in [5.41, 5.74) is 1.07. The number of benzene rings is 1. The van der Waals surface area contributed by atoms with E-state index in [9.17, 15) is 14.0 Å². The summed E-state index contributed by atoms with van der Waals surface area (Å²) in [5, 5.41) is 9.98. The number of halogens is 1. The van der Waals surface area contributed by atoms with Crippen LogP contribution in [-0.4, -0.2) is 27.1 Å². The molecule has 1 heterocycles. The summed E-state index contributed by atoms with van der Waals surface area (Å²) in [7, 11) is 1.67. The van der Waals surface area contributed by atoms with Crippen LogP contribution in [0.15, 0.2) is 30.3 Å². The number of aryl methyl sites for hydroxylation is 2. The molecule has 158 valence electrons. The maximum Gasteiger partial charge on any atom is 0.270 e. The van der Waals surface area contributed by atoms with Crippen LogP contribution in [0.5, 0.6) is 0 Å². The van der Waals surface area contributed by atoms with E-state index >= 15 is 0 Å². The van der Waals surface area contributed by atoms with E-state index in [-0.39, 0.29) is 11.3 Å². The number of hydrogen-bond donors (Lipinski definition) is 2. The number of carbonyl (C=O) groups is 2. The molecular formula is C22H31FN4O2. The second-order valence-corrected chi connectivity index (χ2v) is 9.36. The zero-order valence-electron chi connectivity index (χ0n) is 18.3. The van der Waals surface area contributed by atoms with Gasteiger partial charge in [0.05, 0.1) is 5.69 Å². The van der Waals surface area contributed by atoms with Crippen LogP contribution in [-0.2, 0) is 11.8 Å². The number of aromatic nitrogens is 2. The number of amides is 2. The van der Waals surface area contributed by atoms with Gasteiger partial charge in [-0.2, -0.15) is 5.10 Å². The molecular weight excluding hydrogens is 371 g/mol. The smallest absolute Gasteiger partial charge is 0.270 e. The Kier molecular flexibility index (Phi) is 6.50. The van der Waals surface area contributed by atoms with Crippen LogP contribution in [0.2, 0.25) is 0 Å². The van der Waals surface area contributed by atoms with Gasteiger partial charge in [0.25, 0.3) is 5.91 Å². The minimum Gasteiger partial charge on any atom is -0.349 e. The van der Waals surface area contributed by atoms with Crippen molar-refractivity contribution in [2.75, 3.05) is 0 Å². The van der Waals surface area contributed by atoms with Gasteiger partial charge in [0.2, 0.25) is 5.91 Å². The van der Waals surface area contributed by atoms with Crippen molar-refractivity contribution in [1.82, 2.24) is 20.4 Å². The molecule has 0 aliphatic heterocycles. The molecule has 1 atom stereocenters. The van der Waals surface area contributed by atoms with Crippen LogP contribution in [0.25, 0.3) is 0 Å². The second-order valence-electron chi connectivity index (χ2n) is 9.36. The highest BCUT2D eigenvalue weighted by molar-refractivity contribution is 5.96. The molecule has 2 rings (SSSR count). The van der Waals surface area contributed by atoms with Gasteiger partial charge < -0.3 is 10.6 Å². The third-order valence-corrected chi connectivity index (χ3v) is 4.41. The fourth-order valence-electron chi connectivity index (χ4n) is 3.76. The van der Waals surface area contributed by atoms with Gasteiger partial charge in [0.1, 0.15) is 17.6 Å². The topological polar surface area (TPSA) is 76.0 Å². The molecule has 0 aliphatic rings. The van der Waals surface area contributed by atoms with E-state index in [4.69, 9.17) is 0 Å². The van der Waals surface area contributed by atoms with Crippen molar-refractivity contribution in [2.45, 2.75) is 59.5 Å². The van der Waals surface area contributed by atoms with E-state index in [1.54, 1.807) is 20.0 Å². The fraction of sp³-hybridized carbons (Fsp3) is 0.500. The number of nitrogens with one attached hydrogen (secondary N) is 2. The van der Waals surface area contributed by atoms with Gasteiger partial charge in [-0.1, -0.05) is 32.9 Å². The molecule has 1 aromatic carbocycles. The lowest BCUT2D eigenvalue weighted by atomic mass is 9.81. The van der Waals surface area contributed by atoms with E-state index in [0.29, 0.717) is 17.0 Å². The average molecular weight is 403 g/mol. The van der Waals surface area contributed by atoms with Gasteiger partial charge >= 0.3 is 0 Å². The Labute approximate surface area is 171 Å². The molecule has 0 spiro atoms. The van der Waals surface area contributed by atoms with E-state index in [2.05, 4.69) is 36.5 Å². The second kappa shape index (κ2) is 8.35. The van der Waals surface area contributed by atoms with Crippen LogP contribution in [0.1, 0.15) is 68.8 Å². The normalized spacial score (nSPS) is 13.1. The summed E-state index contributed by atoms with van der Waals surface area (Å²) < 4.78 is 14.9. The molecule has 29 heavy (non-hydrogen) atoms. The molecule has 6 nitrogen and oxygen atoms in total. The molecule has 0 saturated heterocycles. The summed E-state index contributed by atoms with van der Waals surface area (Å²) in [4.78, 5) is 25.9. The molecule has 1 unspecified atom stereocenters. The first-order chi connectivity index (χ1) is 13.3. The Morgan fingerprint density at radius 2 is 1.72 bits per heavy atom. The van der Waals surface area contributed by atoms with Gasteiger partial charge in [-0.3, -0.25) is 14.3 Å². The number of nitrogens with zero attached hydrogens (tertiary/aromatic N) is 2. The quantitative estimate of drug-likeness (QED) is 0.774. The van der Waals surface area contributed by atoms with Crippen LogP contribution in [0.4, 0.5) is 4.39 Å². The highest BCUT2D eigenvalue weighted by atomic mass is 19.1. The lowest BCUT2D eigenvalue weighted by Gasteiger charge is -2.34. The summed E-state index contributed by atoms with van der Waals surface area (Å²) >= 11 is 0. The van der Waals surface area contributed by atoms with E-state index in [1.165, 1.54) is 28.9 Å². The number of hydrogen-bond acceptors (Lipinski definition) is 3. The van der Waals surface area contributed by atoms with E-state index < -0.39 is 23.3 Å². The standard InChI is InChI=1S/C22H31FN4O2/c1-14-12-17(27(7)26-14)19(28)24-18(15-8-10-16(23)11-9-15)20(29)25-22(5,6)13-21(2,3)4/h8-12,18H,13H2,1-7H3,(H,24,28)(H,25,29). The molecule has 2 aromatic rings. The maximum atomic E-state index is 13.4. The van der Waals surface area contributed by atoms with E-state index in [0.717, 1.165) is 6.42 Å². The summed E-state index contributed by atoms with van der Waals surface area (Å²) in [6.45, 7) is 12.0. The molecule has 0 saturated carbocycles. The third kappa shape index (κ3) is 6.41. The van der Waals surface area contributed by atoms with Crippen LogP contribution in [0.3, 0.4) is 0 Å². The molecule has 0 fully saturated rings. The van der Waals surface area contributed by atoms with Crippen molar-refractivity contribution in [3.63, 3.8) is 0 Å². The maximum absolute atomic E-state index is 13.4. The first-order valence-electron chi connectivity index (χ1n) is 9.66. The molecule has 7 heteroatoms. The minimum absolute atomic E-state index is 0.0115. The monoisotopic (exact) mass is 402 g/mol. The van der Waals surface area contributed by atoms with Crippen molar-refractivity contribution < 1.29 is 14.0 Å². The van der Waals surface area contributed by atoms with Gasteiger partial charge in [0.15, 0.2) is 0 Å². The third-order valence-electron chi connectivity index (χ3n) is 4.41. The first-order valence-corrected chi connectivity index (χ1v) is 9.66. The Morgan fingerprint density at radius 1 is 1.14 bits per heavy atom. The predicted molar refractivity (Wildman–Crippen MR) is 111 cm³/mol. The fourth-order valence-corrected chi connectivity index (χ4v) is 3.76. The van der Waals surface area contributed by atoms with Crippen molar-refractivity contribution >= 4 is 11.8 Å². The van der Waals surface area contributed by atoms with Crippen LogP contribution >= 0.6 is 0 Å². The van der Waals surface area contributed by atoms with Gasteiger partial charge in [-0.25, -0.2) is 4.39 Å². The molecule has 0 bridgehead atoms. The minimum atomic E-state index is -0.961. The largest absolute Gasteiger partial charge is 0.349 e. The van der Waals surface area contributed by atoms with Crippen molar-refractivity contribution in [3.05, 3.63) is 53.1 Å². The number of rotatable bonds is 6. The highest BCUT2D eigenvalue weighted by Gasteiger charge is 2.32. The Balaban J connectivity index is 2.30.